The van der Waals surface area contributed by atoms with Gasteiger partial charge in [0.25, 0.3) is 0 Å². The lowest BCUT2D eigenvalue weighted by Crippen LogP contribution is -2.44. The van der Waals surface area contributed by atoms with Gasteiger partial charge in [0.2, 0.25) is 0 Å². The molecule has 1 fully saturated rings. The van der Waals surface area contributed by atoms with Crippen LogP contribution in [0.4, 0.5) is 11.5 Å². The molecular weight excluding hydrogens is 226 g/mol. The first-order chi connectivity index (χ1) is 8.74. The molecule has 1 saturated heterocycles. The monoisotopic (exact) mass is 243 g/mol. The number of rotatable bonds is 1. The molecular formula is C14H17N3O. The predicted molar refractivity (Wildman–Crippen MR) is 73.8 cm³/mol. The highest BCUT2D eigenvalue weighted by atomic mass is 16.5. The Balaban J connectivity index is 1.99. The summed E-state index contributed by atoms with van der Waals surface area (Å²) in [6, 6.07) is 10.3. The maximum absolute atomic E-state index is 5.77. The second-order valence-corrected chi connectivity index (χ2v) is 4.74. The lowest BCUT2D eigenvalue weighted by atomic mass is 10.2. The van der Waals surface area contributed by atoms with Crippen LogP contribution in [0.3, 0.4) is 0 Å². The quantitative estimate of drug-likeness (QED) is 0.779. The lowest BCUT2D eigenvalue weighted by molar-refractivity contribution is 0.0986. The van der Waals surface area contributed by atoms with E-state index in [4.69, 9.17) is 15.5 Å². The highest BCUT2D eigenvalue weighted by molar-refractivity contribution is 5.83. The van der Waals surface area contributed by atoms with Crippen molar-refractivity contribution in [3.05, 3.63) is 30.3 Å². The van der Waals surface area contributed by atoms with Crippen LogP contribution in [0.5, 0.6) is 0 Å². The molecule has 0 radical (unpaired) electrons. The fourth-order valence-corrected chi connectivity index (χ4v) is 2.36. The molecule has 18 heavy (non-hydrogen) atoms. The van der Waals surface area contributed by atoms with Gasteiger partial charge >= 0.3 is 0 Å². The summed E-state index contributed by atoms with van der Waals surface area (Å²) >= 11 is 0. The van der Waals surface area contributed by atoms with Gasteiger partial charge in [-0.3, -0.25) is 0 Å². The average molecular weight is 243 g/mol. The molecule has 0 bridgehead atoms. The van der Waals surface area contributed by atoms with Crippen LogP contribution in [0.15, 0.2) is 30.3 Å². The summed E-state index contributed by atoms with van der Waals surface area (Å²) in [6.07, 6.45) is 0. The van der Waals surface area contributed by atoms with Crippen molar-refractivity contribution in [2.75, 3.05) is 30.4 Å². The van der Waals surface area contributed by atoms with Crippen LogP contribution in [0.1, 0.15) is 6.92 Å². The molecule has 0 amide bonds. The van der Waals surface area contributed by atoms with Crippen molar-refractivity contribution in [1.29, 1.82) is 0 Å². The number of pyridine rings is 1. The molecule has 2 heterocycles. The Hall–Kier alpha value is -1.81. The summed E-state index contributed by atoms with van der Waals surface area (Å²) in [7, 11) is 0. The molecule has 1 unspecified atom stereocenters. The van der Waals surface area contributed by atoms with E-state index in [2.05, 4.69) is 24.0 Å². The number of fused-ring (bicyclic) bond motifs is 1. The summed E-state index contributed by atoms with van der Waals surface area (Å²) in [5.41, 5.74) is 7.53. The molecule has 94 valence electrons. The Labute approximate surface area is 106 Å². The second-order valence-electron chi connectivity index (χ2n) is 4.74. The van der Waals surface area contributed by atoms with Gasteiger partial charge in [0.1, 0.15) is 5.82 Å². The molecule has 1 aliphatic rings. The summed E-state index contributed by atoms with van der Waals surface area (Å²) < 4.78 is 5.45. The average Bonchev–Trinajstić information content (AvgIpc) is 2.39. The molecule has 3 rings (SSSR count). The minimum absolute atomic E-state index is 0.373. The number of benzene rings is 1. The Bertz CT molecular complexity index is 570. The van der Waals surface area contributed by atoms with Crippen molar-refractivity contribution in [2.24, 2.45) is 0 Å². The fourth-order valence-electron chi connectivity index (χ4n) is 2.36. The van der Waals surface area contributed by atoms with Crippen LogP contribution >= 0.6 is 0 Å². The number of ether oxygens (including phenoxy) is 1. The third-order valence-electron chi connectivity index (χ3n) is 3.36. The van der Waals surface area contributed by atoms with Crippen molar-refractivity contribution in [3.8, 4) is 0 Å². The molecule has 1 aliphatic heterocycles. The SMILES string of the molecule is CC1COCCN1c1ccc2cc(N)ccc2n1. The summed E-state index contributed by atoms with van der Waals surface area (Å²) in [5, 5.41) is 1.08. The Morgan fingerprint density at radius 1 is 1.33 bits per heavy atom. The van der Waals surface area contributed by atoms with Crippen molar-refractivity contribution < 1.29 is 4.74 Å². The highest BCUT2D eigenvalue weighted by Crippen LogP contribution is 2.22. The molecule has 1 atom stereocenters. The van der Waals surface area contributed by atoms with E-state index in [-0.39, 0.29) is 0 Å². The molecule has 2 N–H and O–H groups in total. The number of nitrogens with zero attached hydrogens (tertiary/aromatic N) is 2. The Morgan fingerprint density at radius 3 is 3.06 bits per heavy atom. The van der Waals surface area contributed by atoms with E-state index in [1.165, 1.54) is 0 Å². The van der Waals surface area contributed by atoms with Gasteiger partial charge in [-0.25, -0.2) is 4.98 Å². The molecule has 4 heteroatoms. The van der Waals surface area contributed by atoms with Crippen molar-refractivity contribution in [3.63, 3.8) is 0 Å². The van der Waals surface area contributed by atoms with Gasteiger partial charge in [-0.15, -0.1) is 0 Å². The zero-order valence-corrected chi connectivity index (χ0v) is 10.5. The number of hydrogen-bond donors (Lipinski definition) is 1. The van der Waals surface area contributed by atoms with E-state index < -0.39 is 0 Å². The zero-order valence-electron chi connectivity index (χ0n) is 10.5. The number of anilines is 2. The number of nitrogens with two attached hydrogens (primary N) is 1. The fraction of sp³-hybridized carbons (Fsp3) is 0.357. The second kappa shape index (κ2) is 4.46. The van der Waals surface area contributed by atoms with Crippen LogP contribution < -0.4 is 10.6 Å². The smallest absolute Gasteiger partial charge is 0.129 e. The van der Waals surface area contributed by atoms with E-state index >= 15 is 0 Å². The predicted octanol–water partition coefficient (Wildman–Crippen LogP) is 2.04. The minimum Gasteiger partial charge on any atom is -0.399 e. The van der Waals surface area contributed by atoms with Crippen LogP contribution in [0.2, 0.25) is 0 Å². The minimum atomic E-state index is 0.373. The van der Waals surface area contributed by atoms with E-state index in [1.54, 1.807) is 0 Å². The molecule has 1 aromatic carbocycles. The lowest BCUT2D eigenvalue weighted by Gasteiger charge is -2.34. The highest BCUT2D eigenvalue weighted by Gasteiger charge is 2.20. The Kier molecular flexibility index (Phi) is 2.80. The van der Waals surface area contributed by atoms with Gasteiger partial charge in [0.05, 0.1) is 24.8 Å². The third-order valence-corrected chi connectivity index (χ3v) is 3.36. The van der Waals surface area contributed by atoms with Gasteiger partial charge in [-0.2, -0.15) is 0 Å². The first-order valence-electron chi connectivity index (χ1n) is 6.25. The van der Waals surface area contributed by atoms with Crippen LogP contribution in [0.25, 0.3) is 10.9 Å². The summed E-state index contributed by atoms with van der Waals surface area (Å²) in [5.74, 6) is 1.02. The number of nitrogen functional groups attached to an aromatic ring is 1. The van der Waals surface area contributed by atoms with Crippen molar-refractivity contribution in [2.45, 2.75) is 13.0 Å². The van der Waals surface area contributed by atoms with Crippen molar-refractivity contribution >= 4 is 22.4 Å². The molecule has 4 nitrogen and oxygen atoms in total. The Morgan fingerprint density at radius 2 is 2.22 bits per heavy atom. The number of morpholine rings is 1. The van der Waals surface area contributed by atoms with Gasteiger partial charge < -0.3 is 15.4 Å². The van der Waals surface area contributed by atoms with Gasteiger partial charge in [0.15, 0.2) is 0 Å². The van der Waals surface area contributed by atoms with Crippen molar-refractivity contribution in [1.82, 2.24) is 4.98 Å². The molecule has 0 saturated carbocycles. The maximum Gasteiger partial charge on any atom is 0.129 e. The number of hydrogen-bond acceptors (Lipinski definition) is 4. The standard InChI is InChI=1S/C14H17N3O/c1-10-9-18-7-6-17(10)14-5-2-11-8-12(15)3-4-13(11)16-14/h2-5,8,10H,6-7,9,15H2,1H3. The van der Waals surface area contributed by atoms with Gasteiger partial charge in [-0.05, 0) is 37.3 Å². The topological polar surface area (TPSA) is 51.4 Å². The number of aromatic nitrogens is 1. The normalized spacial score (nSPS) is 20.3. The molecule has 0 aliphatic carbocycles. The van der Waals surface area contributed by atoms with E-state index in [1.807, 2.05) is 18.2 Å². The van der Waals surface area contributed by atoms with E-state index in [0.29, 0.717) is 6.04 Å². The summed E-state index contributed by atoms with van der Waals surface area (Å²) in [6.45, 7) is 4.59. The first kappa shape index (κ1) is 11.3. The zero-order chi connectivity index (χ0) is 12.5. The molecule has 2 aromatic rings. The molecule has 0 spiro atoms. The third kappa shape index (κ3) is 1.99. The molecule has 1 aromatic heterocycles. The van der Waals surface area contributed by atoms with Gasteiger partial charge in [-0.1, -0.05) is 0 Å². The maximum atomic E-state index is 5.77. The van der Waals surface area contributed by atoms with Crippen LogP contribution in [0, 0.1) is 0 Å². The van der Waals surface area contributed by atoms with E-state index in [0.717, 1.165) is 42.2 Å². The largest absolute Gasteiger partial charge is 0.399 e. The van der Waals surface area contributed by atoms with Crippen LogP contribution in [-0.4, -0.2) is 30.8 Å². The summed E-state index contributed by atoms with van der Waals surface area (Å²) in [4.78, 5) is 7.00. The van der Waals surface area contributed by atoms with Crippen LogP contribution in [-0.2, 0) is 4.74 Å². The van der Waals surface area contributed by atoms with E-state index in [9.17, 15) is 0 Å². The first-order valence-corrected chi connectivity index (χ1v) is 6.25. The van der Waals surface area contributed by atoms with Gasteiger partial charge in [0, 0.05) is 17.6 Å².